The van der Waals surface area contributed by atoms with Crippen molar-refractivity contribution in [3.8, 4) is 5.75 Å². The molecule has 0 N–H and O–H groups in total. The van der Waals surface area contributed by atoms with Gasteiger partial charge in [-0.25, -0.2) is 4.98 Å². The summed E-state index contributed by atoms with van der Waals surface area (Å²) in [5.74, 6) is 1.76. The van der Waals surface area contributed by atoms with E-state index in [2.05, 4.69) is 18.7 Å². The number of ether oxygens (including phenoxy) is 1. The summed E-state index contributed by atoms with van der Waals surface area (Å²) >= 11 is 1.63. The lowest BCUT2D eigenvalue weighted by Crippen LogP contribution is -2.30. The number of thiophene rings is 1. The monoisotopic (exact) mass is 411 g/mol. The third-order valence-electron chi connectivity index (χ3n) is 5.75. The number of hydrogen-bond acceptors (Lipinski definition) is 5. The molecule has 29 heavy (non-hydrogen) atoms. The molecule has 3 heterocycles. The number of likely N-dealkylation sites (tertiary alicyclic amines) is 1. The number of benzene rings is 1. The maximum atomic E-state index is 13.3. The first-order valence-corrected chi connectivity index (χ1v) is 11.3. The van der Waals surface area contributed by atoms with Gasteiger partial charge in [-0.3, -0.25) is 14.3 Å². The zero-order valence-corrected chi connectivity index (χ0v) is 18.3. The van der Waals surface area contributed by atoms with E-state index in [9.17, 15) is 4.79 Å². The molecule has 6 heteroatoms. The lowest BCUT2D eigenvalue weighted by Gasteiger charge is -2.18. The average molecular weight is 412 g/mol. The Morgan fingerprint density at radius 2 is 1.83 bits per heavy atom. The predicted molar refractivity (Wildman–Crippen MR) is 119 cm³/mol. The van der Waals surface area contributed by atoms with Crippen LogP contribution in [0.3, 0.4) is 0 Å². The standard InChI is InChI=1S/C23H29N3O2S/c1-16-7-9-19(10-8-16)28-14-6-13-26-20(15-25-11-4-5-12-25)24-22-21(23(26)27)17(2)18(3)29-22/h7-10H,4-6,11-15H2,1-3H3. The van der Waals surface area contributed by atoms with Crippen LogP contribution in [0, 0.1) is 20.8 Å². The van der Waals surface area contributed by atoms with Crippen LogP contribution in [0.2, 0.25) is 0 Å². The van der Waals surface area contributed by atoms with E-state index in [-0.39, 0.29) is 5.56 Å². The van der Waals surface area contributed by atoms with Crippen molar-refractivity contribution in [1.29, 1.82) is 0 Å². The molecule has 0 aliphatic carbocycles. The van der Waals surface area contributed by atoms with Crippen LogP contribution in [-0.2, 0) is 13.1 Å². The second kappa shape index (κ2) is 8.67. The Morgan fingerprint density at radius 1 is 1.10 bits per heavy atom. The molecule has 1 aliphatic rings. The first kappa shape index (κ1) is 20.1. The molecule has 0 saturated carbocycles. The van der Waals surface area contributed by atoms with Crippen molar-refractivity contribution < 1.29 is 4.74 Å². The van der Waals surface area contributed by atoms with Gasteiger partial charge in [0.05, 0.1) is 18.5 Å². The highest BCUT2D eigenvalue weighted by Crippen LogP contribution is 2.27. The summed E-state index contributed by atoms with van der Waals surface area (Å²) in [5, 5.41) is 0.789. The number of hydrogen-bond donors (Lipinski definition) is 0. The first-order chi connectivity index (χ1) is 14.0. The van der Waals surface area contributed by atoms with Crippen molar-refractivity contribution >= 4 is 21.6 Å². The Labute approximate surface area is 176 Å². The minimum atomic E-state index is 0.0985. The molecule has 0 unspecified atom stereocenters. The summed E-state index contributed by atoms with van der Waals surface area (Å²) in [4.78, 5) is 22.7. The fourth-order valence-electron chi connectivity index (χ4n) is 3.91. The quantitative estimate of drug-likeness (QED) is 0.539. The highest BCUT2D eigenvalue weighted by Gasteiger charge is 2.19. The van der Waals surface area contributed by atoms with Gasteiger partial charge in [-0.05, 0) is 70.8 Å². The summed E-state index contributed by atoms with van der Waals surface area (Å²) in [6.07, 6.45) is 3.23. The van der Waals surface area contributed by atoms with Gasteiger partial charge in [-0.1, -0.05) is 17.7 Å². The topological polar surface area (TPSA) is 47.4 Å². The number of aryl methyl sites for hydroxylation is 3. The van der Waals surface area contributed by atoms with Crippen molar-refractivity contribution in [1.82, 2.24) is 14.5 Å². The largest absolute Gasteiger partial charge is 0.494 e. The van der Waals surface area contributed by atoms with E-state index in [1.54, 1.807) is 11.3 Å². The van der Waals surface area contributed by atoms with Crippen LogP contribution < -0.4 is 10.3 Å². The summed E-state index contributed by atoms with van der Waals surface area (Å²) in [6, 6.07) is 8.08. The zero-order chi connectivity index (χ0) is 20.4. The fourth-order valence-corrected chi connectivity index (χ4v) is 4.95. The third-order valence-corrected chi connectivity index (χ3v) is 6.85. The SMILES string of the molecule is Cc1ccc(OCCCn2c(CN3CCCC3)nc3sc(C)c(C)c3c2=O)cc1. The average Bonchev–Trinajstić information content (AvgIpc) is 3.30. The Balaban J connectivity index is 1.54. The molecular formula is C23H29N3O2S. The molecule has 1 fully saturated rings. The summed E-state index contributed by atoms with van der Waals surface area (Å²) < 4.78 is 7.75. The normalized spacial score (nSPS) is 14.7. The summed E-state index contributed by atoms with van der Waals surface area (Å²) in [5.41, 5.74) is 2.39. The van der Waals surface area contributed by atoms with Crippen LogP contribution in [0.15, 0.2) is 29.1 Å². The van der Waals surface area contributed by atoms with Gasteiger partial charge in [0.2, 0.25) is 0 Å². The Bertz CT molecular complexity index is 1050. The van der Waals surface area contributed by atoms with Crippen LogP contribution in [0.1, 0.15) is 41.1 Å². The minimum Gasteiger partial charge on any atom is -0.494 e. The van der Waals surface area contributed by atoms with Gasteiger partial charge in [-0.2, -0.15) is 0 Å². The predicted octanol–water partition coefficient (Wildman–Crippen LogP) is 4.45. The maximum Gasteiger partial charge on any atom is 0.262 e. The number of rotatable bonds is 7. The van der Waals surface area contributed by atoms with E-state index >= 15 is 0 Å². The molecule has 0 bridgehead atoms. The van der Waals surface area contributed by atoms with E-state index in [1.807, 2.05) is 35.8 Å². The van der Waals surface area contributed by atoms with Gasteiger partial charge in [-0.15, -0.1) is 11.3 Å². The van der Waals surface area contributed by atoms with Crippen molar-refractivity contribution in [3.63, 3.8) is 0 Å². The molecule has 3 aromatic rings. The summed E-state index contributed by atoms with van der Waals surface area (Å²) in [6.45, 7) is 10.3. The maximum absolute atomic E-state index is 13.3. The molecule has 0 amide bonds. The molecule has 5 nitrogen and oxygen atoms in total. The van der Waals surface area contributed by atoms with Crippen molar-refractivity contribution in [3.05, 3.63) is 56.4 Å². The van der Waals surface area contributed by atoms with Crippen LogP contribution >= 0.6 is 11.3 Å². The van der Waals surface area contributed by atoms with E-state index in [1.165, 1.54) is 23.3 Å². The molecule has 1 aromatic carbocycles. The Morgan fingerprint density at radius 3 is 2.55 bits per heavy atom. The molecule has 154 valence electrons. The fraction of sp³-hybridized carbons (Fsp3) is 0.478. The van der Waals surface area contributed by atoms with Crippen molar-refractivity contribution in [2.24, 2.45) is 0 Å². The molecule has 1 saturated heterocycles. The lowest BCUT2D eigenvalue weighted by atomic mass is 10.2. The molecule has 0 atom stereocenters. The van der Waals surface area contributed by atoms with Gasteiger partial charge >= 0.3 is 0 Å². The molecule has 2 aromatic heterocycles. The molecule has 0 spiro atoms. The Hall–Kier alpha value is -2.18. The van der Waals surface area contributed by atoms with Crippen molar-refractivity contribution in [2.45, 2.75) is 53.1 Å². The van der Waals surface area contributed by atoms with Gasteiger partial charge in [0.1, 0.15) is 16.4 Å². The van der Waals surface area contributed by atoms with Gasteiger partial charge in [0.15, 0.2) is 0 Å². The van der Waals surface area contributed by atoms with Gasteiger partial charge < -0.3 is 4.74 Å². The number of nitrogens with zero attached hydrogens (tertiary/aromatic N) is 3. The lowest BCUT2D eigenvalue weighted by molar-refractivity contribution is 0.290. The molecule has 1 aliphatic heterocycles. The van der Waals surface area contributed by atoms with Crippen LogP contribution in [-0.4, -0.2) is 34.1 Å². The van der Waals surface area contributed by atoms with Gasteiger partial charge in [0.25, 0.3) is 5.56 Å². The Kier molecular flexibility index (Phi) is 6.01. The van der Waals surface area contributed by atoms with E-state index < -0.39 is 0 Å². The van der Waals surface area contributed by atoms with Crippen LogP contribution in [0.25, 0.3) is 10.2 Å². The number of aromatic nitrogens is 2. The van der Waals surface area contributed by atoms with Crippen LogP contribution in [0.5, 0.6) is 5.75 Å². The molecule has 4 rings (SSSR count). The highest BCUT2D eigenvalue weighted by molar-refractivity contribution is 7.18. The molecule has 0 radical (unpaired) electrons. The van der Waals surface area contributed by atoms with Crippen LogP contribution in [0.4, 0.5) is 0 Å². The molecular weight excluding hydrogens is 382 g/mol. The van der Waals surface area contributed by atoms with E-state index in [4.69, 9.17) is 9.72 Å². The number of fused-ring (bicyclic) bond motifs is 1. The zero-order valence-electron chi connectivity index (χ0n) is 17.5. The third kappa shape index (κ3) is 4.38. The second-order valence-corrected chi connectivity index (χ2v) is 9.15. The second-order valence-electron chi connectivity index (χ2n) is 7.95. The van der Waals surface area contributed by atoms with E-state index in [0.29, 0.717) is 13.2 Å². The van der Waals surface area contributed by atoms with Crippen molar-refractivity contribution in [2.75, 3.05) is 19.7 Å². The first-order valence-electron chi connectivity index (χ1n) is 10.4. The van der Waals surface area contributed by atoms with Gasteiger partial charge in [0, 0.05) is 11.4 Å². The summed E-state index contributed by atoms with van der Waals surface area (Å²) in [7, 11) is 0. The minimum absolute atomic E-state index is 0.0985. The highest BCUT2D eigenvalue weighted by atomic mass is 32.1. The van der Waals surface area contributed by atoms with E-state index in [0.717, 1.165) is 53.4 Å². The smallest absolute Gasteiger partial charge is 0.262 e.